The predicted octanol–water partition coefficient (Wildman–Crippen LogP) is 3.02. The minimum Gasteiger partial charge on any atom is -0.353 e. The van der Waals surface area contributed by atoms with Crippen LogP contribution in [0.25, 0.3) is 17.0 Å². The van der Waals surface area contributed by atoms with Crippen LogP contribution in [-0.4, -0.2) is 50.7 Å². The van der Waals surface area contributed by atoms with Crippen LogP contribution in [0.1, 0.15) is 5.69 Å². The lowest BCUT2D eigenvalue weighted by molar-refractivity contribution is 0.628. The van der Waals surface area contributed by atoms with Gasteiger partial charge in [0.1, 0.15) is 18.0 Å². The molecule has 0 radical (unpaired) electrons. The van der Waals surface area contributed by atoms with E-state index in [4.69, 9.17) is 4.98 Å². The molecule has 0 atom stereocenters. The summed E-state index contributed by atoms with van der Waals surface area (Å²) in [4.78, 5) is 18.0. The second kappa shape index (κ2) is 6.83. The number of fused-ring (bicyclic) bond motifs is 1. The van der Waals surface area contributed by atoms with Crippen molar-refractivity contribution in [2.24, 2.45) is 0 Å². The molecule has 1 aliphatic rings. The molecule has 0 aliphatic carbocycles. The van der Waals surface area contributed by atoms with Crippen LogP contribution >= 0.6 is 11.3 Å². The highest BCUT2D eigenvalue weighted by atomic mass is 32.1. The number of aryl methyl sites for hydroxylation is 1. The van der Waals surface area contributed by atoms with E-state index in [9.17, 15) is 4.39 Å². The van der Waals surface area contributed by atoms with Crippen molar-refractivity contribution in [1.29, 1.82) is 0 Å². The molecule has 3 aromatic heterocycles. The van der Waals surface area contributed by atoms with Gasteiger partial charge in [0, 0.05) is 48.9 Å². The van der Waals surface area contributed by atoms with Crippen molar-refractivity contribution in [2.45, 2.75) is 6.92 Å². The van der Waals surface area contributed by atoms with E-state index >= 15 is 0 Å². The molecule has 1 aromatic carbocycles. The van der Waals surface area contributed by atoms with E-state index in [1.807, 2.05) is 18.4 Å². The van der Waals surface area contributed by atoms with E-state index in [-0.39, 0.29) is 5.82 Å². The molecule has 5 rings (SSSR count). The van der Waals surface area contributed by atoms with Crippen LogP contribution in [0.5, 0.6) is 0 Å². The lowest BCUT2D eigenvalue weighted by atomic mass is 10.2. The van der Waals surface area contributed by atoms with Gasteiger partial charge >= 0.3 is 0 Å². The van der Waals surface area contributed by atoms with Crippen molar-refractivity contribution in [3.05, 3.63) is 53.6 Å². The number of nitrogens with zero attached hydrogens (tertiary/aromatic N) is 7. The highest BCUT2D eigenvalue weighted by molar-refractivity contribution is 7.14. The van der Waals surface area contributed by atoms with Gasteiger partial charge in [-0.3, -0.25) is 0 Å². The molecule has 1 aliphatic heterocycles. The summed E-state index contributed by atoms with van der Waals surface area (Å²) in [7, 11) is 0. The molecule has 0 bridgehead atoms. The number of piperazine rings is 1. The third kappa shape index (κ3) is 3.07. The minimum atomic E-state index is -0.233. The topological polar surface area (TPSA) is 62.5 Å². The van der Waals surface area contributed by atoms with Crippen LogP contribution in [0.3, 0.4) is 0 Å². The number of hydrogen-bond donors (Lipinski definition) is 0. The zero-order valence-corrected chi connectivity index (χ0v) is 16.1. The Hall–Kier alpha value is -3.07. The van der Waals surface area contributed by atoms with Crippen LogP contribution in [0.2, 0.25) is 0 Å². The van der Waals surface area contributed by atoms with Crippen LogP contribution in [0, 0.1) is 12.7 Å². The molecule has 7 nitrogen and oxygen atoms in total. The Morgan fingerprint density at radius 2 is 1.75 bits per heavy atom. The van der Waals surface area contributed by atoms with Crippen molar-refractivity contribution in [1.82, 2.24) is 24.6 Å². The van der Waals surface area contributed by atoms with Gasteiger partial charge in [-0.05, 0) is 31.2 Å². The quantitative estimate of drug-likeness (QED) is 0.531. The molecular formula is C19H18FN7S. The van der Waals surface area contributed by atoms with E-state index < -0.39 is 0 Å². The fourth-order valence-corrected chi connectivity index (χ4v) is 4.31. The number of anilines is 2. The van der Waals surface area contributed by atoms with Gasteiger partial charge in [0.25, 0.3) is 5.78 Å². The van der Waals surface area contributed by atoms with Crippen LogP contribution in [0.4, 0.5) is 15.3 Å². The smallest absolute Gasteiger partial charge is 0.254 e. The van der Waals surface area contributed by atoms with Gasteiger partial charge in [-0.2, -0.15) is 14.6 Å². The van der Waals surface area contributed by atoms with Crippen molar-refractivity contribution in [2.75, 3.05) is 36.0 Å². The molecule has 0 saturated carbocycles. The molecule has 4 heterocycles. The Bertz CT molecular complexity index is 1110. The van der Waals surface area contributed by atoms with Crippen molar-refractivity contribution in [3.8, 4) is 11.3 Å². The van der Waals surface area contributed by atoms with E-state index in [2.05, 4.69) is 24.9 Å². The largest absolute Gasteiger partial charge is 0.353 e. The third-order valence-corrected chi connectivity index (χ3v) is 5.77. The fourth-order valence-electron chi connectivity index (χ4n) is 3.43. The van der Waals surface area contributed by atoms with Crippen molar-refractivity contribution < 1.29 is 4.39 Å². The first kappa shape index (κ1) is 17.1. The monoisotopic (exact) mass is 395 g/mol. The zero-order chi connectivity index (χ0) is 19.1. The summed E-state index contributed by atoms with van der Waals surface area (Å²) in [6.07, 6.45) is 1.54. The maximum atomic E-state index is 13.1. The highest BCUT2D eigenvalue weighted by Crippen LogP contribution is 2.29. The number of aromatic nitrogens is 5. The number of halogens is 1. The molecule has 142 valence electrons. The summed E-state index contributed by atoms with van der Waals surface area (Å²) < 4.78 is 14.9. The van der Waals surface area contributed by atoms with Gasteiger partial charge in [-0.1, -0.05) is 0 Å². The SMILES string of the molecule is Cc1cc(N2CCN(c3nc(-c4ccc(F)cc4)cs3)CC2)n2ncnc2n1. The molecule has 0 spiro atoms. The van der Waals surface area contributed by atoms with E-state index in [0.29, 0.717) is 5.78 Å². The first-order valence-corrected chi connectivity index (χ1v) is 9.94. The van der Waals surface area contributed by atoms with Crippen molar-refractivity contribution in [3.63, 3.8) is 0 Å². The number of hydrogen-bond acceptors (Lipinski definition) is 7. The molecular weight excluding hydrogens is 377 g/mol. The van der Waals surface area contributed by atoms with E-state index in [1.54, 1.807) is 28.0 Å². The summed E-state index contributed by atoms with van der Waals surface area (Å²) in [6.45, 7) is 5.44. The molecule has 0 unspecified atom stereocenters. The van der Waals surface area contributed by atoms with Gasteiger partial charge in [-0.15, -0.1) is 11.3 Å². The average Bonchev–Trinajstić information content (AvgIpc) is 3.38. The molecule has 0 N–H and O–H groups in total. The Labute approximate surface area is 165 Å². The van der Waals surface area contributed by atoms with Gasteiger partial charge in [0.15, 0.2) is 5.13 Å². The van der Waals surface area contributed by atoms with Crippen LogP contribution in [-0.2, 0) is 0 Å². The number of thiazole rings is 1. The first-order chi connectivity index (χ1) is 13.7. The maximum absolute atomic E-state index is 13.1. The maximum Gasteiger partial charge on any atom is 0.254 e. The molecule has 28 heavy (non-hydrogen) atoms. The van der Waals surface area contributed by atoms with E-state index in [0.717, 1.165) is 54.1 Å². The normalized spacial score (nSPS) is 14.8. The van der Waals surface area contributed by atoms with Crippen LogP contribution in [0.15, 0.2) is 42.0 Å². The molecule has 4 aromatic rings. The lowest BCUT2D eigenvalue weighted by Gasteiger charge is -2.35. The Morgan fingerprint density at radius 1 is 1.00 bits per heavy atom. The fraction of sp³-hybridized carbons (Fsp3) is 0.263. The van der Waals surface area contributed by atoms with Gasteiger partial charge in [0.2, 0.25) is 0 Å². The number of benzene rings is 1. The summed E-state index contributed by atoms with van der Waals surface area (Å²) in [5.41, 5.74) is 2.75. The summed E-state index contributed by atoms with van der Waals surface area (Å²) in [6, 6.07) is 8.51. The zero-order valence-electron chi connectivity index (χ0n) is 15.3. The highest BCUT2D eigenvalue weighted by Gasteiger charge is 2.22. The first-order valence-electron chi connectivity index (χ1n) is 9.06. The Kier molecular flexibility index (Phi) is 4.16. The van der Waals surface area contributed by atoms with Gasteiger partial charge in [-0.25, -0.2) is 14.4 Å². The van der Waals surface area contributed by atoms with Crippen molar-refractivity contribution >= 4 is 28.1 Å². The Balaban J connectivity index is 1.32. The molecule has 9 heteroatoms. The molecule has 0 amide bonds. The minimum absolute atomic E-state index is 0.233. The summed E-state index contributed by atoms with van der Waals surface area (Å²) in [5, 5.41) is 7.33. The number of rotatable bonds is 3. The second-order valence-electron chi connectivity index (χ2n) is 6.72. The second-order valence-corrected chi connectivity index (χ2v) is 7.56. The summed E-state index contributed by atoms with van der Waals surface area (Å²) in [5.74, 6) is 1.41. The molecule has 1 saturated heterocycles. The van der Waals surface area contributed by atoms with Crippen LogP contribution < -0.4 is 9.80 Å². The molecule has 1 fully saturated rings. The standard InChI is InChI=1S/C19H18FN7S/c1-13-10-17(27-18(23-13)21-12-22-27)25-6-8-26(9-7-25)19-24-16(11-28-19)14-2-4-15(20)5-3-14/h2-5,10-12H,6-9H2,1H3. The van der Waals surface area contributed by atoms with Gasteiger partial charge in [0.05, 0.1) is 5.69 Å². The Morgan fingerprint density at radius 3 is 2.54 bits per heavy atom. The average molecular weight is 395 g/mol. The van der Waals surface area contributed by atoms with Gasteiger partial charge < -0.3 is 9.80 Å². The van der Waals surface area contributed by atoms with E-state index in [1.165, 1.54) is 18.5 Å². The third-order valence-electron chi connectivity index (χ3n) is 4.87. The predicted molar refractivity (Wildman–Crippen MR) is 107 cm³/mol. The lowest BCUT2D eigenvalue weighted by Crippen LogP contribution is -2.47. The summed E-state index contributed by atoms with van der Waals surface area (Å²) >= 11 is 1.62.